The topological polar surface area (TPSA) is 53.1 Å². The number of benzene rings is 1. The molecule has 0 amide bonds. The normalized spacial score (nSPS) is 18.9. The smallest absolute Gasteiger partial charge is 0.125 e. The van der Waals surface area contributed by atoms with Crippen LogP contribution < -0.4 is 5.73 Å². The lowest BCUT2D eigenvalue weighted by atomic mass is 9.79. The van der Waals surface area contributed by atoms with Gasteiger partial charge < -0.3 is 15.0 Å². The van der Waals surface area contributed by atoms with Gasteiger partial charge in [-0.2, -0.15) is 0 Å². The Labute approximate surface area is 111 Å². The van der Waals surface area contributed by atoms with Gasteiger partial charge in [0.2, 0.25) is 0 Å². The van der Waals surface area contributed by atoms with Gasteiger partial charge in [-0.3, -0.25) is 0 Å². The fraction of sp³-hybridized carbons (Fsp3) is 0.500. The Morgan fingerprint density at radius 3 is 2.84 bits per heavy atom. The first-order valence-electron chi connectivity index (χ1n) is 6.56. The molecule has 1 aliphatic heterocycles. The second-order valence-electron chi connectivity index (χ2n) is 5.22. The van der Waals surface area contributed by atoms with Gasteiger partial charge in [-0.1, -0.05) is 0 Å². The van der Waals surface area contributed by atoms with Gasteiger partial charge in [0.25, 0.3) is 0 Å². The van der Waals surface area contributed by atoms with Crippen molar-refractivity contribution in [3.8, 4) is 0 Å². The quantitative estimate of drug-likeness (QED) is 0.897. The first-order chi connectivity index (χ1) is 9.16. The number of nitrogens with two attached hydrogens (primary N) is 1. The van der Waals surface area contributed by atoms with E-state index in [-0.39, 0.29) is 11.2 Å². The van der Waals surface area contributed by atoms with Crippen LogP contribution in [0.3, 0.4) is 0 Å². The number of hydrogen-bond acceptors (Lipinski definition) is 3. The first-order valence-corrected chi connectivity index (χ1v) is 6.56. The minimum Gasteiger partial charge on any atom is -0.381 e. The molecule has 19 heavy (non-hydrogen) atoms. The zero-order valence-corrected chi connectivity index (χ0v) is 11.0. The second-order valence-corrected chi connectivity index (χ2v) is 5.22. The average Bonchev–Trinajstić information content (AvgIpc) is 2.77. The standard InChI is InChI=1S/C14H18FN3O/c1-18-12-8-10(15)2-3-11(12)17-13(18)14(9-16)4-6-19-7-5-14/h2-3,8H,4-7,9,16H2,1H3. The SMILES string of the molecule is Cn1c(C2(CN)CCOCC2)nc2ccc(F)cc21. The highest BCUT2D eigenvalue weighted by atomic mass is 19.1. The highest BCUT2D eigenvalue weighted by Crippen LogP contribution is 2.34. The van der Waals surface area contributed by atoms with Gasteiger partial charge in [-0.15, -0.1) is 0 Å². The maximum Gasteiger partial charge on any atom is 0.125 e. The van der Waals surface area contributed by atoms with Gasteiger partial charge in [0.15, 0.2) is 0 Å². The highest BCUT2D eigenvalue weighted by Gasteiger charge is 2.37. The van der Waals surface area contributed by atoms with Crippen molar-refractivity contribution in [3.05, 3.63) is 29.8 Å². The van der Waals surface area contributed by atoms with Crippen LogP contribution >= 0.6 is 0 Å². The van der Waals surface area contributed by atoms with Crippen LogP contribution in [0.5, 0.6) is 0 Å². The Morgan fingerprint density at radius 2 is 2.16 bits per heavy atom. The zero-order valence-electron chi connectivity index (χ0n) is 11.0. The van der Waals surface area contributed by atoms with E-state index in [2.05, 4.69) is 4.98 Å². The first kappa shape index (κ1) is 12.6. The Kier molecular flexibility index (Phi) is 3.03. The number of nitrogens with zero attached hydrogens (tertiary/aromatic N) is 2. The number of aromatic nitrogens is 2. The molecule has 0 radical (unpaired) electrons. The van der Waals surface area contributed by atoms with Crippen molar-refractivity contribution in [1.29, 1.82) is 0 Å². The Balaban J connectivity index is 2.15. The van der Waals surface area contributed by atoms with E-state index < -0.39 is 0 Å². The second kappa shape index (κ2) is 4.58. The van der Waals surface area contributed by atoms with Crippen LogP contribution in [-0.4, -0.2) is 29.3 Å². The summed E-state index contributed by atoms with van der Waals surface area (Å²) in [6.45, 7) is 1.94. The lowest BCUT2D eigenvalue weighted by molar-refractivity contribution is 0.0492. The van der Waals surface area contributed by atoms with Crippen LogP contribution in [-0.2, 0) is 17.2 Å². The summed E-state index contributed by atoms with van der Waals surface area (Å²) in [5.74, 6) is 0.703. The van der Waals surface area contributed by atoms with Gasteiger partial charge in [-0.25, -0.2) is 9.37 Å². The molecule has 2 aromatic rings. The fourth-order valence-corrected chi connectivity index (χ4v) is 2.92. The molecule has 2 N–H and O–H groups in total. The monoisotopic (exact) mass is 263 g/mol. The molecular weight excluding hydrogens is 245 g/mol. The third kappa shape index (κ3) is 1.93. The third-order valence-corrected chi connectivity index (χ3v) is 4.16. The van der Waals surface area contributed by atoms with Crippen molar-refractivity contribution in [2.45, 2.75) is 18.3 Å². The van der Waals surface area contributed by atoms with Crippen molar-refractivity contribution in [2.24, 2.45) is 12.8 Å². The molecule has 1 saturated heterocycles. The summed E-state index contributed by atoms with van der Waals surface area (Å²) < 4.78 is 20.8. The lowest BCUT2D eigenvalue weighted by Gasteiger charge is -2.35. The maximum atomic E-state index is 13.4. The van der Waals surface area contributed by atoms with Crippen LogP contribution in [0.4, 0.5) is 4.39 Å². The van der Waals surface area contributed by atoms with Crippen LogP contribution in [0.15, 0.2) is 18.2 Å². The van der Waals surface area contributed by atoms with Gasteiger partial charge in [0.05, 0.1) is 11.0 Å². The predicted molar refractivity (Wildman–Crippen MR) is 71.5 cm³/mol. The van der Waals surface area contributed by atoms with E-state index >= 15 is 0 Å². The van der Waals surface area contributed by atoms with E-state index in [9.17, 15) is 4.39 Å². The largest absolute Gasteiger partial charge is 0.381 e. The summed E-state index contributed by atoms with van der Waals surface area (Å²) in [5, 5.41) is 0. The van der Waals surface area contributed by atoms with Crippen LogP contribution in [0.25, 0.3) is 11.0 Å². The highest BCUT2D eigenvalue weighted by molar-refractivity contribution is 5.76. The number of fused-ring (bicyclic) bond motifs is 1. The van der Waals surface area contributed by atoms with Crippen LogP contribution in [0, 0.1) is 5.82 Å². The van der Waals surface area contributed by atoms with E-state index in [1.54, 1.807) is 6.07 Å². The summed E-state index contributed by atoms with van der Waals surface area (Å²) in [6.07, 6.45) is 1.73. The van der Waals surface area contributed by atoms with Gasteiger partial charge in [0, 0.05) is 32.2 Å². The third-order valence-electron chi connectivity index (χ3n) is 4.16. The lowest BCUT2D eigenvalue weighted by Crippen LogP contribution is -2.42. The number of imidazole rings is 1. The molecule has 4 nitrogen and oxygen atoms in total. The van der Waals surface area contributed by atoms with Gasteiger partial charge in [0.1, 0.15) is 11.6 Å². The molecule has 0 saturated carbocycles. The Bertz CT molecular complexity index is 602. The number of ether oxygens (including phenoxy) is 1. The zero-order chi connectivity index (χ0) is 13.5. The summed E-state index contributed by atoms with van der Waals surface area (Å²) in [4.78, 5) is 4.68. The maximum absolute atomic E-state index is 13.4. The molecule has 0 atom stereocenters. The minimum absolute atomic E-state index is 0.150. The molecule has 0 aliphatic carbocycles. The van der Waals surface area contributed by atoms with Crippen LogP contribution in [0.2, 0.25) is 0 Å². The molecule has 1 aromatic carbocycles. The molecule has 102 valence electrons. The Morgan fingerprint density at radius 1 is 1.42 bits per heavy atom. The van der Waals surface area contributed by atoms with E-state index in [1.165, 1.54) is 12.1 Å². The van der Waals surface area contributed by atoms with Gasteiger partial charge in [-0.05, 0) is 31.0 Å². The summed E-state index contributed by atoms with van der Waals surface area (Å²) in [7, 11) is 1.93. The molecule has 0 bridgehead atoms. The summed E-state index contributed by atoms with van der Waals surface area (Å²) in [6, 6.07) is 4.69. The molecule has 0 spiro atoms. The molecule has 5 heteroatoms. The average molecular weight is 263 g/mol. The molecule has 3 rings (SSSR count). The Hall–Kier alpha value is -1.46. The number of rotatable bonds is 2. The van der Waals surface area contributed by atoms with E-state index in [1.807, 2.05) is 11.6 Å². The minimum atomic E-state index is -0.240. The van der Waals surface area contributed by atoms with Crippen molar-refractivity contribution in [1.82, 2.24) is 9.55 Å². The fourth-order valence-electron chi connectivity index (χ4n) is 2.92. The molecule has 1 aliphatic rings. The van der Waals surface area contributed by atoms with Crippen molar-refractivity contribution in [3.63, 3.8) is 0 Å². The number of halogens is 1. The summed E-state index contributed by atoms with van der Waals surface area (Å²) in [5.41, 5.74) is 7.49. The predicted octanol–water partition coefficient (Wildman–Crippen LogP) is 1.72. The molecule has 1 fully saturated rings. The molecule has 2 heterocycles. The molecule has 1 aromatic heterocycles. The number of hydrogen-bond donors (Lipinski definition) is 1. The molecule has 0 unspecified atom stereocenters. The van der Waals surface area contributed by atoms with Crippen molar-refractivity contribution < 1.29 is 9.13 Å². The van der Waals surface area contributed by atoms with E-state index in [0.717, 1.165) is 29.7 Å². The number of aryl methyl sites for hydroxylation is 1. The molecular formula is C14H18FN3O. The van der Waals surface area contributed by atoms with Gasteiger partial charge >= 0.3 is 0 Å². The van der Waals surface area contributed by atoms with Crippen molar-refractivity contribution in [2.75, 3.05) is 19.8 Å². The van der Waals surface area contributed by atoms with E-state index in [4.69, 9.17) is 10.5 Å². The summed E-state index contributed by atoms with van der Waals surface area (Å²) >= 11 is 0. The van der Waals surface area contributed by atoms with Crippen molar-refractivity contribution >= 4 is 11.0 Å². The van der Waals surface area contributed by atoms with Crippen LogP contribution in [0.1, 0.15) is 18.7 Å². The van der Waals surface area contributed by atoms with E-state index in [0.29, 0.717) is 19.8 Å².